The van der Waals surface area contributed by atoms with Crippen molar-refractivity contribution < 1.29 is 23.7 Å². The molecule has 1 aliphatic rings. The van der Waals surface area contributed by atoms with Crippen LogP contribution >= 0.6 is 22.9 Å². The van der Waals surface area contributed by atoms with E-state index >= 15 is 0 Å². The van der Waals surface area contributed by atoms with Crippen LogP contribution in [0.15, 0.2) is 40.3 Å². The van der Waals surface area contributed by atoms with E-state index in [1.807, 2.05) is 6.07 Å². The summed E-state index contributed by atoms with van der Waals surface area (Å²) >= 11 is 7.17. The summed E-state index contributed by atoms with van der Waals surface area (Å²) in [6, 6.07) is 9.17. The van der Waals surface area contributed by atoms with Crippen molar-refractivity contribution in [3.63, 3.8) is 0 Å². The Labute approximate surface area is 208 Å². The van der Waals surface area contributed by atoms with Crippen LogP contribution in [-0.2, 0) is 22.4 Å². The van der Waals surface area contributed by atoms with Crippen molar-refractivity contribution in [2.24, 2.45) is 0 Å². The zero-order valence-corrected chi connectivity index (χ0v) is 20.0. The molecule has 2 aromatic heterocycles. The Morgan fingerprint density at radius 1 is 1.29 bits per heavy atom. The fourth-order valence-electron chi connectivity index (χ4n) is 3.82. The number of anilines is 1. The number of hydrogen-bond donors (Lipinski definition) is 1. The quantitative estimate of drug-likeness (QED) is 0.145. The first-order valence-electron chi connectivity index (χ1n) is 10.5. The number of nitro benzene ring substituents is 1. The number of ether oxygens (including phenoxy) is 1. The standard InChI is InChI=1S/C24H18ClN3O6S/c1-33-24(30)21-16-4-2-3-5-20(16)35-23(21)27-22(29)14(12-26)10-15-7-9-19(34-15)13-6-8-17(25)18(11-13)28(31)32/h6-11H,2-5H2,1H3,(H,27,29). The Hall–Kier alpha value is -3.94. The topological polar surface area (TPSA) is 135 Å². The molecule has 0 unspecified atom stereocenters. The molecule has 1 N–H and O–H groups in total. The highest BCUT2D eigenvalue weighted by Crippen LogP contribution is 2.39. The number of hydrogen-bond acceptors (Lipinski definition) is 8. The molecule has 1 aliphatic carbocycles. The number of rotatable bonds is 6. The molecule has 4 rings (SSSR count). The Morgan fingerprint density at radius 2 is 2.06 bits per heavy atom. The third-order valence-electron chi connectivity index (χ3n) is 5.49. The number of thiophene rings is 1. The van der Waals surface area contributed by atoms with E-state index in [-0.39, 0.29) is 22.0 Å². The number of aryl methyl sites for hydroxylation is 1. The van der Waals surface area contributed by atoms with E-state index in [0.717, 1.165) is 36.1 Å². The molecule has 0 spiro atoms. The highest BCUT2D eigenvalue weighted by Gasteiger charge is 2.27. The van der Waals surface area contributed by atoms with Crippen LogP contribution in [0.5, 0.6) is 0 Å². The van der Waals surface area contributed by atoms with Crippen LogP contribution in [0.4, 0.5) is 10.7 Å². The number of nitriles is 1. The molecule has 1 aromatic carbocycles. The van der Waals surface area contributed by atoms with Crippen LogP contribution in [0.2, 0.25) is 5.02 Å². The summed E-state index contributed by atoms with van der Waals surface area (Å²) in [5.41, 5.74) is 1.13. The number of nitrogens with one attached hydrogen (secondary N) is 1. The van der Waals surface area contributed by atoms with Crippen molar-refractivity contribution in [2.45, 2.75) is 25.7 Å². The van der Waals surface area contributed by atoms with Crippen molar-refractivity contribution in [1.29, 1.82) is 5.26 Å². The van der Waals surface area contributed by atoms with Gasteiger partial charge in [-0.15, -0.1) is 11.3 Å². The minimum absolute atomic E-state index is 0.00422. The molecule has 0 saturated heterocycles. The molecule has 0 aliphatic heterocycles. The van der Waals surface area contributed by atoms with Gasteiger partial charge in [-0.05, 0) is 55.5 Å². The minimum atomic E-state index is -0.698. The lowest BCUT2D eigenvalue weighted by atomic mass is 9.95. The zero-order chi connectivity index (χ0) is 25.1. The largest absolute Gasteiger partial charge is 0.465 e. The number of furan rings is 1. The van der Waals surface area contributed by atoms with Crippen molar-refractivity contribution in [3.05, 3.63) is 72.8 Å². The number of carbonyl (C=O) groups is 2. The number of fused-ring (bicyclic) bond motifs is 1. The van der Waals surface area contributed by atoms with Crippen LogP contribution in [0.3, 0.4) is 0 Å². The molecule has 0 bridgehead atoms. The summed E-state index contributed by atoms with van der Waals surface area (Å²) in [7, 11) is 1.28. The Morgan fingerprint density at radius 3 is 2.77 bits per heavy atom. The Balaban J connectivity index is 1.60. The van der Waals surface area contributed by atoms with Crippen LogP contribution in [-0.4, -0.2) is 23.9 Å². The zero-order valence-electron chi connectivity index (χ0n) is 18.4. The first kappa shape index (κ1) is 24.2. The summed E-state index contributed by atoms with van der Waals surface area (Å²) in [6.07, 6.45) is 4.75. The minimum Gasteiger partial charge on any atom is -0.465 e. The van der Waals surface area contributed by atoms with Gasteiger partial charge in [0.1, 0.15) is 33.2 Å². The number of nitro groups is 1. The van der Waals surface area contributed by atoms with Crippen LogP contribution in [0.25, 0.3) is 17.4 Å². The van der Waals surface area contributed by atoms with Gasteiger partial charge in [-0.25, -0.2) is 4.79 Å². The van der Waals surface area contributed by atoms with Gasteiger partial charge in [0, 0.05) is 22.6 Å². The van der Waals surface area contributed by atoms with E-state index < -0.39 is 16.8 Å². The van der Waals surface area contributed by atoms with Gasteiger partial charge in [-0.3, -0.25) is 14.9 Å². The summed E-state index contributed by atoms with van der Waals surface area (Å²) in [5, 5.41) is 23.7. The first-order chi connectivity index (χ1) is 16.8. The molecule has 0 fully saturated rings. The molecule has 178 valence electrons. The van der Waals surface area contributed by atoms with E-state index in [1.165, 1.54) is 42.7 Å². The van der Waals surface area contributed by atoms with Gasteiger partial charge >= 0.3 is 5.97 Å². The number of methoxy groups -OCH3 is 1. The van der Waals surface area contributed by atoms with Crippen molar-refractivity contribution >= 4 is 51.6 Å². The van der Waals surface area contributed by atoms with Crippen molar-refractivity contribution in [3.8, 4) is 17.4 Å². The molecular weight excluding hydrogens is 494 g/mol. The van der Waals surface area contributed by atoms with Gasteiger partial charge in [0.2, 0.25) is 0 Å². The number of amides is 1. The average molecular weight is 512 g/mol. The predicted octanol–water partition coefficient (Wildman–Crippen LogP) is 5.78. The highest BCUT2D eigenvalue weighted by molar-refractivity contribution is 7.17. The molecule has 3 aromatic rings. The molecule has 2 heterocycles. The lowest BCUT2D eigenvalue weighted by Gasteiger charge is -2.11. The first-order valence-corrected chi connectivity index (χ1v) is 11.7. The number of carbonyl (C=O) groups excluding carboxylic acids is 2. The second-order valence-corrected chi connectivity index (χ2v) is 9.17. The van der Waals surface area contributed by atoms with Crippen molar-refractivity contribution in [2.75, 3.05) is 12.4 Å². The molecular formula is C24H18ClN3O6S. The molecule has 9 nitrogen and oxygen atoms in total. The Kier molecular flexibility index (Phi) is 7.00. The summed E-state index contributed by atoms with van der Waals surface area (Å²) < 4.78 is 10.6. The second-order valence-electron chi connectivity index (χ2n) is 7.66. The van der Waals surface area contributed by atoms with E-state index in [2.05, 4.69) is 5.32 Å². The lowest BCUT2D eigenvalue weighted by molar-refractivity contribution is -0.384. The third-order valence-corrected chi connectivity index (χ3v) is 7.02. The van der Waals surface area contributed by atoms with Gasteiger partial charge in [-0.2, -0.15) is 5.26 Å². The number of nitrogens with zero attached hydrogens (tertiary/aromatic N) is 2. The van der Waals surface area contributed by atoms with Crippen LogP contribution in [0.1, 0.15) is 39.4 Å². The Bertz CT molecular complexity index is 1410. The maximum Gasteiger partial charge on any atom is 0.341 e. The van der Waals surface area contributed by atoms with Crippen molar-refractivity contribution in [1.82, 2.24) is 0 Å². The van der Waals surface area contributed by atoms with Gasteiger partial charge in [-0.1, -0.05) is 11.6 Å². The highest BCUT2D eigenvalue weighted by atomic mass is 35.5. The summed E-state index contributed by atoms with van der Waals surface area (Å²) in [6.45, 7) is 0. The van der Waals surface area contributed by atoms with Gasteiger partial charge < -0.3 is 14.5 Å². The number of esters is 1. The van der Waals surface area contributed by atoms with E-state index in [9.17, 15) is 25.0 Å². The fraction of sp³-hybridized carbons (Fsp3) is 0.208. The van der Waals surface area contributed by atoms with Crippen LogP contribution in [0, 0.1) is 21.4 Å². The maximum atomic E-state index is 12.9. The predicted molar refractivity (Wildman–Crippen MR) is 130 cm³/mol. The molecule has 11 heteroatoms. The molecule has 0 radical (unpaired) electrons. The summed E-state index contributed by atoms with van der Waals surface area (Å²) in [4.78, 5) is 36.8. The fourth-order valence-corrected chi connectivity index (χ4v) is 5.28. The van der Waals surface area contributed by atoms with Crippen LogP contribution < -0.4 is 5.32 Å². The smallest absolute Gasteiger partial charge is 0.341 e. The molecule has 0 saturated carbocycles. The number of benzene rings is 1. The summed E-state index contributed by atoms with van der Waals surface area (Å²) in [5.74, 6) is -0.734. The monoisotopic (exact) mass is 511 g/mol. The SMILES string of the molecule is COC(=O)c1c(NC(=O)C(C#N)=Cc2ccc(-c3ccc(Cl)c([N+](=O)[O-])c3)o2)sc2c1CCCC2. The van der Waals surface area contributed by atoms with E-state index in [1.54, 1.807) is 12.1 Å². The van der Waals surface area contributed by atoms with Gasteiger partial charge in [0.05, 0.1) is 17.6 Å². The molecule has 35 heavy (non-hydrogen) atoms. The normalized spacial score (nSPS) is 13.0. The molecule has 1 amide bonds. The lowest BCUT2D eigenvalue weighted by Crippen LogP contribution is -2.16. The van der Waals surface area contributed by atoms with Gasteiger partial charge in [0.15, 0.2) is 0 Å². The second kappa shape index (κ2) is 10.1. The third kappa shape index (κ3) is 4.96. The number of halogens is 1. The van der Waals surface area contributed by atoms with E-state index in [0.29, 0.717) is 21.9 Å². The van der Waals surface area contributed by atoms with Gasteiger partial charge in [0.25, 0.3) is 11.6 Å². The average Bonchev–Trinajstić information content (AvgIpc) is 3.46. The molecule has 0 atom stereocenters. The maximum absolute atomic E-state index is 12.9. The van der Waals surface area contributed by atoms with E-state index in [4.69, 9.17) is 20.8 Å².